The van der Waals surface area contributed by atoms with Crippen molar-refractivity contribution in [3.63, 3.8) is 0 Å². The Morgan fingerprint density at radius 1 is 1.00 bits per heavy atom. The maximum atomic E-state index is 13.8. The lowest BCUT2D eigenvalue weighted by Gasteiger charge is -2.33. The van der Waals surface area contributed by atoms with Gasteiger partial charge in [-0.1, -0.05) is 60.7 Å². The monoisotopic (exact) mass is 585 g/mol. The van der Waals surface area contributed by atoms with E-state index in [1.807, 2.05) is 38.1 Å². The number of Topliss-reactive ketones (excluding diaryl/α,β-unsaturated/α-hetero) is 1. The van der Waals surface area contributed by atoms with Crippen molar-refractivity contribution in [2.45, 2.75) is 76.7 Å². The van der Waals surface area contributed by atoms with Crippen LogP contribution in [0.4, 0.5) is 4.79 Å². The molecule has 7 nitrogen and oxygen atoms in total. The predicted molar refractivity (Wildman–Crippen MR) is 165 cm³/mol. The molecule has 0 bridgehead atoms. The van der Waals surface area contributed by atoms with Gasteiger partial charge in [-0.3, -0.25) is 9.69 Å². The minimum absolute atomic E-state index is 0.0198. The van der Waals surface area contributed by atoms with Crippen molar-refractivity contribution in [2.75, 3.05) is 33.0 Å². The third kappa shape index (κ3) is 6.35. The average Bonchev–Trinajstić information content (AvgIpc) is 3.59. The summed E-state index contributed by atoms with van der Waals surface area (Å²) in [5.74, 6) is 0.194. The van der Waals surface area contributed by atoms with Crippen LogP contribution in [0.3, 0.4) is 0 Å². The van der Waals surface area contributed by atoms with Gasteiger partial charge < -0.3 is 18.9 Å². The SMILES string of the molecule is C=C(C)C1CC(=O)C(C)=C([C@@H]2C[C@@H](OCCOC3CCCCO3)CN2C(=O)OCC2c3ccccc3-c3ccccc32)C1. The van der Waals surface area contributed by atoms with Crippen LogP contribution in [0.1, 0.15) is 69.4 Å². The van der Waals surface area contributed by atoms with Gasteiger partial charge in [0.15, 0.2) is 12.1 Å². The van der Waals surface area contributed by atoms with Gasteiger partial charge in [-0.05, 0) is 85.3 Å². The molecule has 2 aromatic rings. The van der Waals surface area contributed by atoms with Gasteiger partial charge in [0.25, 0.3) is 0 Å². The fourth-order valence-electron chi connectivity index (χ4n) is 7.15. The molecule has 2 aliphatic heterocycles. The van der Waals surface area contributed by atoms with E-state index in [1.165, 1.54) is 22.3 Å². The Morgan fingerprint density at radius 3 is 2.37 bits per heavy atom. The second kappa shape index (κ2) is 13.2. The first-order chi connectivity index (χ1) is 20.9. The van der Waals surface area contributed by atoms with E-state index in [0.29, 0.717) is 32.6 Å². The molecule has 2 saturated heterocycles. The summed E-state index contributed by atoms with van der Waals surface area (Å²) < 4.78 is 23.9. The Balaban J connectivity index is 1.16. The van der Waals surface area contributed by atoms with Crippen molar-refractivity contribution < 1.29 is 28.5 Å². The number of rotatable bonds is 9. The quantitative estimate of drug-likeness (QED) is 0.238. The van der Waals surface area contributed by atoms with Gasteiger partial charge in [-0.2, -0.15) is 0 Å². The number of ether oxygens (including phenoxy) is 4. The van der Waals surface area contributed by atoms with Gasteiger partial charge in [0, 0.05) is 18.9 Å². The van der Waals surface area contributed by atoms with E-state index in [-0.39, 0.29) is 48.8 Å². The molecule has 6 rings (SSSR count). The Morgan fingerprint density at radius 2 is 1.70 bits per heavy atom. The van der Waals surface area contributed by atoms with Gasteiger partial charge in [0.2, 0.25) is 0 Å². The summed E-state index contributed by atoms with van der Waals surface area (Å²) in [6.07, 6.45) is 4.21. The molecule has 4 aliphatic rings. The van der Waals surface area contributed by atoms with Crippen molar-refractivity contribution in [3.05, 3.63) is 83.0 Å². The Labute approximate surface area is 254 Å². The Hall–Kier alpha value is -3.26. The van der Waals surface area contributed by atoms with Crippen LogP contribution in [-0.4, -0.2) is 68.2 Å². The van der Waals surface area contributed by atoms with E-state index < -0.39 is 0 Å². The van der Waals surface area contributed by atoms with Crippen LogP contribution in [0.2, 0.25) is 0 Å². The molecule has 0 spiro atoms. The molecule has 2 heterocycles. The van der Waals surface area contributed by atoms with Gasteiger partial charge in [0.05, 0.1) is 31.9 Å². The van der Waals surface area contributed by atoms with Crippen molar-refractivity contribution >= 4 is 11.9 Å². The summed E-state index contributed by atoms with van der Waals surface area (Å²) >= 11 is 0. The lowest BCUT2D eigenvalue weighted by Crippen LogP contribution is -2.40. The number of allylic oxidation sites excluding steroid dienone is 2. The first-order valence-electron chi connectivity index (χ1n) is 15.8. The molecule has 2 unspecified atom stereocenters. The molecule has 0 N–H and O–H groups in total. The van der Waals surface area contributed by atoms with E-state index in [4.69, 9.17) is 18.9 Å². The van der Waals surface area contributed by atoms with Crippen LogP contribution in [0.25, 0.3) is 11.1 Å². The zero-order valence-electron chi connectivity index (χ0n) is 25.4. The van der Waals surface area contributed by atoms with Gasteiger partial charge in [-0.25, -0.2) is 4.79 Å². The van der Waals surface area contributed by atoms with Gasteiger partial charge in [-0.15, -0.1) is 0 Å². The largest absolute Gasteiger partial charge is 0.448 e. The van der Waals surface area contributed by atoms with Crippen LogP contribution in [0.15, 0.2) is 71.8 Å². The zero-order valence-corrected chi connectivity index (χ0v) is 25.4. The molecule has 0 saturated carbocycles. The molecular formula is C36H43NO6. The summed E-state index contributed by atoms with van der Waals surface area (Å²) in [4.78, 5) is 28.7. The van der Waals surface area contributed by atoms with Crippen molar-refractivity contribution in [3.8, 4) is 11.1 Å². The van der Waals surface area contributed by atoms with Crippen LogP contribution >= 0.6 is 0 Å². The number of likely N-dealkylation sites (tertiary alicyclic amines) is 1. The fourth-order valence-corrected chi connectivity index (χ4v) is 7.15. The number of benzene rings is 2. The lowest BCUT2D eigenvalue weighted by molar-refractivity contribution is -0.171. The van der Waals surface area contributed by atoms with E-state index in [1.54, 1.807) is 4.90 Å². The normalized spacial score (nSPS) is 25.5. The number of nitrogens with zero attached hydrogens (tertiary/aromatic N) is 1. The highest BCUT2D eigenvalue weighted by Gasteiger charge is 2.42. The highest BCUT2D eigenvalue weighted by Crippen LogP contribution is 2.45. The second-order valence-corrected chi connectivity index (χ2v) is 12.4. The van der Waals surface area contributed by atoms with E-state index in [2.05, 4.69) is 30.8 Å². The highest BCUT2D eigenvalue weighted by molar-refractivity contribution is 5.97. The summed E-state index contributed by atoms with van der Waals surface area (Å²) in [5.41, 5.74) is 7.52. The summed E-state index contributed by atoms with van der Waals surface area (Å²) in [6, 6.07) is 16.4. The van der Waals surface area contributed by atoms with Crippen molar-refractivity contribution in [1.29, 1.82) is 0 Å². The van der Waals surface area contributed by atoms with Gasteiger partial charge in [0.1, 0.15) is 6.61 Å². The summed E-state index contributed by atoms with van der Waals surface area (Å²) in [5, 5.41) is 0. The molecule has 2 aliphatic carbocycles. The molecule has 0 radical (unpaired) electrons. The van der Waals surface area contributed by atoms with E-state index in [9.17, 15) is 9.59 Å². The van der Waals surface area contributed by atoms with Crippen molar-refractivity contribution in [1.82, 2.24) is 4.90 Å². The van der Waals surface area contributed by atoms with E-state index >= 15 is 0 Å². The van der Waals surface area contributed by atoms with Crippen LogP contribution in [0.5, 0.6) is 0 Å². The molecular weight excluding hydrogens is 542 g/mol. The fraction of sp³-hybridized carbons (Fsp3) is 0.500. The van der Waals surface area contributed by atoms with Gasteiger partial charge >= 0.3 is 6.09 Å². The van der Waals surface area contributed by atoms with Crippen LogP contribution < -0.4 is 0 Å². The number of amides is 1. The third-order valence-corrected chi connectivity index (χ3v) is 9.61. The number of hydrogen-bond acceptors (Lipinski definition) is 6. The standard InChI is InChI=1S/C36H43NO6/c1-23(2)25-18-31(24(3)34(38)19-25)33-20-26(40-16-17-42-35-14-8-9-15-41-35)21-37(33)36(39)43-22-32-29-12-6-4-10-27(29)28-11-5-7-13-30(28)32/h4-7,10-13,25-26,32-33,35H,1,8-9,14-22H2,2-3H3/t25?,26-,33+,35?/m1/s1. The maximum absolute atomic E-state index is 13.8. The number of carbonyl (C=O) groups is 2. The molecule has 1 amide bonds. The highest BCUT2D eigenvalue weighted by atomic mass is 16.7. The number of ketones is 1. The van der Waals surface area contributed by atoms with Crippen molar-refractivity contribution in [2.24, 2.45) is 5.92 Å². The average molecular weight is 586 g/mol. The number of fused-ring (bicyclic) bond motifs is 3. The minimum Gasteiger partial charge on any atom is -0.448 e. The summed E-state index contributed by atoms with van der Waals surface area (Å²) in [7, 11) is 0. The maximum Gasteiger partial charge on any atom is 0.410 e. The zero-order chi connectivity index (χ0) is 29.9. The molecule has 0 aromatic heterocycles. The number of hydrogen-bond donors (Lipinski definition) is 0. The van der Waals surface area contributed by atoms with Crippen LogP contribution in [0, 0.1) is 5.92 Å². The first-order valence-corrected chi connectivity index (χ1v) is 15.8. The molecule has 4 atom stereocenters. The molecule has 43 heavy (non-hydrogen) atoms. The summed E-state index contributed by atoms with van der Waals surface area (Å²) in [6.45, 7) is 10.3. The Bertz CT molecular complexity index is 1350. The van der Waals surface area contributed by atoms with Crippen LogP contribution in [-0.2, 0) is 23.7 Å². The Kier molecular flexibility index (Phi) is 9.12. The van der Waals surface area contributed by atoms with E-state index in [0.717, 1.165) is 49.0 Å². The number of carbonyl (C=O) groups excluding carboxylic acids is 2. The molecule has 2 aromatic carbocycles. The third-order valence-electron chi connectivity index (χ3n) is 9.61. The molecule has 2 fully saturated rings. The second-order valence-electron chi connectivity index (χ2n) is 12.4. The minimum atomic E-state index is -0.366. The topological polar surface area (TPSA) is 74.3 Å². The first kappa shape index (κ1) is 29.8. The lowest BCUT2D eigenvalue weighted by atomic mass is 9.77. The smallest absolute Gasteiger partial charge is 0.410 e. The molecule has 7 heteroatoms. The molecule has 228 valence electrons. The predicted octanol–water partition coefficient (Wildman–Crippen LogP) is 6.81.